The highest BCUT2D eigenvalue weighted by Gasteiger charge is 2.26. The highest BCUT2D eigenvalue weighted by atomic mass is 16.6. The van der Waals surface area contributed by atoms with Crippen LogP contribution in [-0.4, -0.2) is 36.1 Å². The van der Waals surface area contributed by atoms with Gasteiger partial charge in [0, 0.05) is 24.1 Å². The summed E-state index contributed by atoms with van der Waals surface area (Å²) in [5.74, 6) is 0. The Bertz CT molecular complexity index is 385. The van der Waals surface area contributed by atoms with Crippen molar-refractivity contribution in [2.24, 2.45) is 0 Å². The third-order valence-corrected chi connectivity index (χ3v) is 2.91. The first-order valence-electron chi connectivity index (χ1n) is 5.32. The highest BCUT2D eigenvalue weighted by molar-refractivity contribution is 5.37. The number of hydrogen-bond acceptors (Lipinski definition) is 4. The predicted molar refractivity (Wildman–Crippen MR) is 61.3 cm³/mol. The summed E-state index contributed by atoms with van der Waals surface area (Å²) < 4.78 is 0. The summed E-state index contributed by atoms with van der Waals surface area (Å²) in [5, 5.41) is 13.9. The van der Waals surface area contributed by atoms with Crippen LogP contribution in [0, 0.1) is 10.1 Å². The molecule has 0 radical (unpaired) electrons. The van der Waals surface area contributed by atoms with Crippen LogP contribution in [0.5, 0.6) is 0 Å². The number of hydrogen-bond donors (Lipinski definition) is 1. The number of nitrogens with zero attached hydrogens (tertiary/aromatic N) is 2. The van der Waals surface area contributed by atoms with E-state index in [0.29, 0.717) is 6.54 Å². The van der Waals surface area contributed by atoms with Gasteiger partial charge in [0.1, 0.15) is 0 Å². The van der Waals surface area contributed by atoms with Gasteiger partial charge in [0.25, 0.3) is 6.17 Å². The second-order valence-electron chi connectivity index (χ2n) is 4.06. The number of nitrogens with one attached hydrogen (secondary N) is 1. The monoisotopic (exact) mass is 221 g/mol. The third-order valence-electron chi connectivity index (χ3n) is 2.91. The maximum Gasteiger partial charge on any atom is 0.287 e. The number of likely N-dealkylation sites (N-methyl/N-ethyl adjacent to an activating group) is 1. The van der Waals surface area contributed by atoms with Crippen molar-refractivity contribution in [1.82, 2.24) is 10.2 Å². The second kappa shape index (κ2) is 4.49. The van der Waals surface area contributed by atoms with E-state index in [2.05, 4.69) is 5.32 Å². The summed E-state index contributed by atoms with van der Waals surface area (Å²) in [6.07, 6.45) is 7.81. The maximum absolute atomic E-state index is 10.7. The Morgan fingerprint density at radius 2 is 2.31 bits per heavy atom. The van der Waals surface area contributed by atoms with E-state index in [1.165, 1.54) is 11.1 Å². The van der Waals surface area contributed by atoms with Crippen LogP contribution < -0.4 is 5.32 Å². The van der Waals surface area contributed by atoms with Gasteiger partial charge in [-0.1, -0.05) is 6.08 Å². The summed E-state index contributed by atoms with van der Waals surface area (Å²) in [7, 11) is 1.78. The van der Waals surface area contributed by atoms with Gasteiger partial charge in [0.15, 0.2) is 0 Å². The van der Waals surface area contributed by atoms with Crippen LogP contribution in [-0.2, 0) is 0 Å². The standard InChI is InChI=1S/C11H15N3O2/c1-13-8-10(2-3-11(13)14(15)16)9-4-6-12-7-5-9/h2-4,6,11-12H,5,7-8H2,1H3. The molecule has 1 atom stereocenters. The van der Waals surface area contributed by atoms with Crippen LogP contribution in [0.15, 0.2) is 35.6 Å². The molecule has 0 fully saturated rings. The van der Waals surface area contributed by atoms with E-state index in [4.69, 9.17) is 0 Å². The zero-order valence-electron chi connectivity index (χ0n) is 9.22. The van der Waals surface area contributed by atoms with E-state index in [1.807, 2.05) is 18.4 Å². The zero-order chi connectivity index (χ0) is 11.5. The molecule has 2 aliphatic heterocycles. The lowest BCUT2D eigenvalue weighted by Gasteiger charge is -2.25. The summed E-state index contributed by atoms with van der Waals surface area (Å²) in [6.45, 7) is 1.58. The van der Waals surface area contributed by atoms with E-state index >= 15 is 0 Å². The number of rotatable bonds is 1. The molecule has 0 aliphatic carbocycles. The Morgan fingerprint density at radius 1 is 1.50 bits per heavy atom. The van der Waals surface area contributed by atoms with Crippen molar-refractivity contribution in [3.05, 3.63) is 45.7 Å². The van der Waals surface area contributed by atoms with Crippen molar-refractivity contribution in [2.75, 3.05) is 20.1 Å². The molecule has 16 heavy (non-hydrogen) atoms. The van der Waals surface area contributed by atoms with Crippen molar-refractivity contribution in [1.29, 1.82) is 0 Å². The summed E-state index contributed by atoms with van der Waals surface area (Å²) in [5.41, 5.74) is 2.45. The Labute approximate surface area is 94.3 Å². The Kier molecular flexibility index (Phi) is 3.05. The highest BCUT2D eigenvalue weighted by Crippen LogP contribution is 2.20. The van der Waals surface area contributed by atoms with E-state index in [0.717, 1.165) is 13.0 Å². The molecule has 0 amide bonds. The molecular weight excluding hydrogens is 206 g/mol. The first-order valence-corrected chi connectivity index (χ1v) is 5.32. The van der Waals surface area contributed by atoms with Crippen LogP contribution in [0.4, 0.5) is 0 Å². The predicted octanol–water partition coefficient (Wildman–Crippen LogP) is 0.894. The average molecular weight is 221 g/mol. The molecule has 86 valence electrons. The minimum atomic E-state index is -0.685. The fraction of sp³-hybridized carbons (Fsp3) is 0.455. The Hall–Kier alpha value is -1.62. The normalized spacial score (nSPS) is 30.2. The summed E-state index contributed by atoms with van der Waals surface area (Å²) in [4.78, 5) is 12.2. The van der Waals surface area contributed by atoms with Crippen molar-refractivity contribution < 1.29 is 4.92 Å². The van der Waals surface area contributed by atoms with Gasteiger partial charge in [-0.25, -0.2) is 4.90 Å². The van der Waals surface area contributed by atoms with Crippen molar-refractivity contribution >= 4 is 0 Å². The summed E-state index contributed by atoms with van der Waals surface area (Å²) >= 11 is 0. The Balaban J connectivity index is 2.22. The molecule has 0 spiro atoms. The average Bonchev–Trinajstić information content (AvgIpc) is 2.29. The van der Waals surface area contributed by atoms with Crippen LogP contribution in [0.3, 0.4) is 0 Å². The van der Waals surface area contributed by atoms with Gasteiger partial charge in [0.2, 0.25) is 0 Å². The van der Waals surface area contributed by atoms with Gasteiger partial charge in [0.05, 0.1) is 0 Å². The molecule has 0 aromatic carbocycles. The third kappa shape index (κ3) is 2.14. The van der Waals surface area contributed by atoms with Crippen LogP contribution >= 0.6 is 0 Å². The smallest absolute Gasteiger partial charge is 0.287 e. The molecule has 5 nitrogen and oxygen atoms in total. The van der Waals surface area contributed by atoms with E-state index in [9.17, 15) is 10.1 Å². The van der Waals surface area contributed by atoms with Gasteiger partial charge in [-0.15, -0.1) is 0 Å². The van der Waals surface area contributed by atoms with Crippen LogP contribution in [0.25, 0.3) is 0 Å². The SMILES string of the molecule is CN1CC(=C2C=CNCC2)C=CC1[N+](=O)[O-]. The fourth-order valence-electron chi connectivity index (χ4n) is 2.00. The van der Waals surface area contributed by atoms with E-state index in [1.54, 1.807) is 18.0 Å². The Morgan fingerprint density at radius 3 is 2.88 bits per heavy atom. The first kappa shape index (κ1) is 10.9. The van der Waals surface area contributed by atoms with Gasteiger partial charge >= 0.3 is 0 Å². The largest absolute Gasteiger partial charge is 0.391 e. The second-order valence-corrected chi connectivity index (χ2v) is 4.06. The lowest BCUT2D eigenvalue weighted by molar-refractivity contribution is -0.535. The molecule has 2 heterocycles. The molecule has 1 unspecified atom stereocenters. The topological polar surface area (TPSA) is 58.4 Å². The molecular formula is C11H15N3O2. The lowest BCUT2D eigenvalue weighted by Crippen LogP contribution is -2.40. The molecule has 5 heteroatoms. The number of nitro groups is 1. The van der Waals surface area contributed by atoms with E-state index < -0.39 is 6.17 Å². The maximum atomic E-state index is 10.7. The zero-order valence-corrected chi connectivity index (χ0v) is 9.22. The van der Waals surface area contributed by atoms with Crippen LogP contribution in [0.1, 0.15) is 6.42 Å². The lowest BCUT2D eigenvalue weighted by atomic mass is 10.00. The van der Waals surface area contributed by atoms with Crippen molar-refractivity contribution in [2.45, 2.75) is 12.6 Å². The van der Waals surface area contributed by atoms with E-state index in [-0.39, 0.29) is 4.92 Å². The first-order chi connectivity index (χ1) is 7.68. The van der Waals surface area contributed by atoms with Gasteiger partial charge in [-0.3, -0.25) is 10.1 Å². The fourth-order valence-corrected chi connectivity index (χ4v) is 2.00. The molecule has 2 aliphatic rings. The molecule has 0 aromatic rings. The molecule has 2 rings (SSSR count). The molecule has 1 N–H and O–H groups in total. The molecule has 0 aromatic heterocycles. The minimum absolute atomic E-state index is 0.268. The van der Waals surface area contributed by atoms with Crippen molar-refractivity contribution in [3.8, 4) is 0 Å². The molecule has 0 saturated heterocycles. The van der Waals surface area contributed by atoms with Gasteiger partial charge in [-0.05, 0) is 36.9 Å². The molecule has 0 bridgehead atoms. The summed E-state index contributed by atoms with van der Waals surface area (Å²) in [6, 6.07) is 0. The van der Waals surface area contributed by atoms with Gasteiger partial charge in [-0.2, -0.15) is 0 Å². The van der Waals surface area contributed by atoms with Crippen LogP contribution in [0.2, 0.25) is 0 Å². The quantitative estimate of drug-likeness (QED) is 0.528. The van der Waals surface area contributed by atoms with Gasteiger partial charge < -0.3 is 5.32 Å². The minimum Gasteiger partial charge on any atom is -0.391 e. The number of allylic oxidation sites excluding steroid dienone is 1. The molecule has 0 saturated carbocycles. The van der Waals surface area contributed by atoms with Crippen molar-refractivity contribution in [3.63, 3.8) is 0 Å².